The first-order chi connectivity index (χ1) is 6.75. The second-order valence-corrected chi connectivity index (χ2v) is 5.97. The van der Waals surface area contributed by atoms with Gasteiger partial charge in [0.2, 0.25) is 0 Å². The summed E-state index contributed by atoms with van der Waals surface area (Å²) >= 11 is 5.13. The quantitative estimate of drug-likeness (QED) is 0.855. The van der Waals surface area contributed by atoms with Gasteiger partial charge in [-0.3, -0.25) is 0 Å². The molecule has 1 aromatic heterocycles. The van der Waals surface area contributed by atoms with Crippen molar-refractivity contribution >= 4 is 27.3 Å². The highest BCUT2D eigenvalue weighted by Crippen LogP contribution is 2.25. The molecule has 0 radical (unpaired) electrons. The van der Waals surface area contributed by atoms with E-state index >= 15 is 0 Å². The molecular weight excluding hydrogens is 260 g/mol. The van der Waals surface area contributed by atoms with Crippen molar-refractivity contribution < 1.29 is 0 Å². The van der Waals surface area contributed by atoms with E-state index in [0.29, 0.717) is 12.1 Å². The van der Waals surface area contributed by atoms with Crippen molar-refractivity contribution in [2.75, 3.05) is 0 Å². The van der Waals surface area contributed by atoms with Crippen molar-refractivity contribution in [2.45, 2.75) is 31.8 Å². The van der Waals surface area contributed by atoms with Crippen LogP contribution in [0.3, 0.4) is 0 Å². The van der Waals surface area contributed by atoms with E-state index in [2.05, 4.69) is 45.3 Å². The minimum Gasteiger partial charge on any atom is -0.305 e. The molecule has 1 aliphatic carbocycles. The Hall–Kier alpha value is -0.190. The molecule has 0 amide bonds. The highest BCUT2D eigenvalue weighted by Gasteiger charge is 2.16. The van der Waals surface area contributed by atoms with Crippen molar-refractivity contribution in [3.63, 3.8) is 0 Å². The number of hydrogen-bond donors (Lipinski definition) is 1. The normalized spacial score (nSPS) is 19.0. The molecule has 14 heavy (non-hydrogen) atoms. The molecule has 0 saturated heterocycles. The Morgan fingerprint density at radius 2 is 2.29 bits per heavy atom. The van der Waals surface area contributed by atoms with Gasteiger partial charge in [0.05, 0.1) is 16.0 Å². The van der Waals surface area contributed by atoms with Crippen molar-refractivity contribution in [1.29, 1.82) is 0 Å². The smallest absolute Gasteiger partial charge is 0.110 e. The molecule has 0 bridgehead atoms. The van der Waals surface area contributed by atoms with Gasteiger partial charge in [0.15, 0.2) is 0 Å². The monoisotopic (exact) mass is 272 g/mol. The van der Waals surface area contributed by atoms with Crippen LogP contribution in [-0.2, 0) is 0 Å². The topological polar surface area (TPSA) is 24.9 Å². The molecule has 76 valence electrons. The van der Waals surface area contributed by atoms with Gasteiger partial charge in [-0.25, -0.2) is 4.98 Å². The number of thiazole rings is 1. The molecule has 2 rings (SSSR count). The third kappa shape index (κ3) is 2.43. The van der Waals surface area contributed by atoms with Gasteiger partial charge in [0, 0.05) is 6.04 Å². The minimum absolute atomic E-state index is 0.358. The van der Waals surface area contributed by atoms with Crippen LogP contribution >= 0.6 is 27.3 Å². The summed E-state index contributed by atoms with van der Waals surface area (Å²) in [4.78, 5) is 4.35. The number of nitrogens with zero attached hydrogens (tertiary/aromatic N) is 1. The SMILES string of the molecule is CC(NC1CC=CC1)c1ncc(Br)s1. The van der Waals surface area contributed by atoms with Gasteiger partial charge in [-0.1, -0.05) is 12.2 Å². The zero-order valence-corrected chi connectivity index (χ0v) is 10.4. The first-order valence-electron chi connectivity index (χ1n) is 4.78. The third-order valence-corrected chi connectivity index (χ3v) is 4.02. The van der Waals surface area contributed by atoms with Gasteiger partial charge in [0.1, 0.15) is 5.01 Å². The molecule has 0 aliphatic heterocycles. The fourth-order valence-electron chi connectivity index (χ4n) is 1.65. The summed E-state index contributed by atoms with van der Waals surface area (Å²) in [7, 11) is 0. The lowest BCUT2D eigenvalue weighted by Gasteiger charge is -2.16. The van der Waals surface area contributed by atoms with Gasteiger partial charge < -0.3 is 5.32 Å². The summed E-state index contributed by atoms with van der Waals surface area (Å²) in [6, 6.07) is 0.962. The van der Waals surface area contributed by atoms with E-state index in [1.807, 2.05) is 6.20 Å². The molecule has 0 fully saturated rings. The molecule has 1 heterocycles. The minimum atomic E-state index is 0.358. The van der Waals surface area contributed by atoms with E-state index in [1.165, 1.54) is 0 Å². The van der Waals surface area contributed by atoms with Crippen LogP contribution < -0.4 is 5.32 Å². The zero-order chi connectivity index (χ0) is 9.97. The predicted molar refractivity (Wildman–Crippen MR) is 63.5 cm³/mol. The molecule has 1 aliphatic rings. The van der Waals surface area contributed by atoms with Crippen LogP contribution in [-0.4, -0.2) is 11.0 Å². The van der Waals surface area contributed by atoms with Gasteiger partial charge in [-0.15, -0.1) is 11.3 Å². The van der Waals surface area contributed by atoms with Gasteiger partial charge in [-0.05, 0) is 35.7 Å². The lowest BCUT2D eigenvalue weighted by Crippen LogP contribution is -2.29. The molecule has 1 atom stereocenters. The summed E-state index contributed by atoms with van der Waals surface area (Å²) < 4.78 is 1.10. The summed E-state index contributed by atoms with van der Waals surface area (Å²) in [5, 5.41) is 4.73. The Labute approximate surface area is 96.6 Å². The van der Waals surface area contributed by atoms with Crippen LogP contribution in [0.15, 0.2) is 22.1 Å². The van der Waals surface area contributed by atoms with Crippen molar-refractivity contribution in [2.24, 2.45) is 0 Å². The Kier molecular flexibility index (Phi) is 3.36. The van der Waals surface area contributed by atoms with Crippen molar-refractivity contribution in [1.82, 2.24) is 10.3 Å². The van der Waals surface area contributed by atoms with E-state index in [1.54, 1.807) is 11.3 Å². The Morgan fingerprint density at radius 3 is 2.86 bits per heavy atom. The maximum atomic E-state index is 4.35. The highest BCUT2D eigenvalue weighted by atomic mass is 79.9. The average Bonchev–Trinajstić information content (AvgIpc) is 2.75. The van der Waals surface area contributed by atoms with Gasteiger partial charge in [-0.2, -0.15) is 0 Å². The Balaban J connectivity index is 1.92. The fourth-order valence-corrected chi connectivity index (χ4v) is 2.90. The number of rotatable bonds is 3. The summed E-state index contributed by atoms with van der Waals surface area (Å²) in [5.74, 6) is 0. The van der Waals surface area contributed by atoms with E-state index in [9.17, 15) is 0 Å². The lowest BCUT2D eigenvalue weighted by molar-refractivity contribution is 0.470. The van der Waals surface area contributed by atoms with Gasteiger partial charge >= 0.3 is 0 Å². The average molecular weight is 273 g/mol. The molecule has 0 aromatic carbocycles. The van der Waals surface area contributed by atoms with E-state index < -0.39 is 0 Å². The summed E-state index contributed by atoms with van der Waals surface area (Å²) in [6.45, 7) is 2.17. The summed E-state index contributed by atoms with van der Waals surface area (Å²) in [6.07, 6.45) is 8.64. The fraction of sp³-hybridized carbons (Fsp3) is 0.500. The number of halogens is 1. The zero-order valence-electron chi connectivity index (χ0n) is 8.03. The van der Waals surface area contributed by atoms with Crippen LogP contribution in [0.5, 0.6) is 0 Å². The Morgan fingerprint density at radius 1 is 1.57 bits per heavy atom. The largest absolute Gasteiger partial charge is 0.305 e. The molecule has 0 saturated carbocycles. The summed E-state index contributed by atoms with van der Waals surface area (Å²) in [5.41, 5.74) is 0. The van der Waals surface area contributed by atoms with E-state index in [0.717, 1.165) is 21.6 Å². The molecular formula is C10H13BrN2S. The maximum absolute atomic E-state index is 4.35. The van der Waals surface area contributed by atoms with E-state index in [4.69, 9.17) is 0 Å². The first kappa shape index (κ1) is 10.3. The number of nitrogens with one attached hydrogen (secondary N) is 1. The predicted octanol–water partition coefficient (Wildman–Crippen LogP) is 3.27. The maximum Gasteiger partial charge on any atom is 0.110 e. The number of hydrogen-bond acceptors (Lipinski definition) is 3. The van der Waals surface area contributed by atoms with Crippen LogP contribution in [0.25, 0.3) is 0 Å². The van der Waals surface area contributed by atoms with Gasteiger partial charge in [0.25, 0.3) is 0 Å². The first-order valence-corrected chi connectivity index (χ1v) is 6.39. The second kappa shape index (κ2) is 4.55. The molecule has 1 N–H and O–H groups in total. The van der Waals surface area contributed by atoms with Crippen LogP contribution in [0.2, 0.25) is 0 Å². The van der Waals surface area contributed by atoms with Crippen LogP contribution in [0.4, 0.5) is 0 Å². The number of aromatic nitrogens is 1. The van der Waals surface area contributed by atoms with Crippen molar-refractivity contribution in [3.8, 4) is 0 Å². The lowest BCUT2D eigenvalue weighted by atomic mass is 10.2. The molecule has 2 nitrogen and oxygen atoms in total. The molecule has 1 aromatic rings. The second-order valence-electron chi connectivity index (χ2n) is 3.53. The standard InChI is InChI=1S/C10H13BrN2S/c1-7(10-12-6-9(11)14-10)13-8-4-2-3-5-8/h2-3,6-8,13H,4-5H2,1H3. The molecule has 4 heteroatoms. The molecule has 0 spiro atoms. The van der Waals surface area contributed by atoms with Crippen LogP contribution in [0.1, 0.15) is 30.8 Å². The van der Waals surface area contributed by atoms with Crippen LogP contribution in [0, 0.1) is 0 Å². The van der Waals surface area contributed by atoms with Crippen molar-refractivity contribution in [3.05, 3.63) is 27.1 Å². The van der Waals surface area contributed by atoms with E-state index in [-0.39, 0.29) is 0 Å². The third-order valence-electron chi connectivity index (χ3n) is 2.36. The highest BCUT2D eigenvalue weighted by molar-refractivity contribution is 9.11. The Bertz CT molecular complexity index is 327. The molecule has 1 unspecified atom stereocenters.